The molecule has 1 aliphatic heterocycles. The van der Waals surface area contributed by atoms with Gasteiger partial charge in [0.1, 0.15) is 19.3 Å². The number of esters is 6. The Morgan fingerprint density at radius 3 is 1.63 bits per heavy atom. The fourth-order valence-electron chi connectivity index (χ4n) is 3.09. The van der Waals surface area contributed by atoms with Gasteiger partial charge in [0.2, 0.25) is 0 Å². The summed E-state index contributed by atoms with van der Waals surface area (Å²) in [5.41, 5.74) is 0. The topological polar surface area (TPSA) is 176 Å². The fraction of sp³-hybridized carbons (Fsp3) is 0.714. The Morgan fingerprint density at radius 2 is 1.14 bits per heavy atom. The summed E-state index contributed by atoms with van der Waals surface area (Å²) in [5.74, 6) is -4.37. The van der Waals surface area contributed by atoms with Crippen LogP contribution in [-0.2, 0) is 66.7 Å². The predicted molar refractivity (Wildman–Crippen MR) is 110 cm³/mol. The lowest BCUT2D eigenvalue weighted by atomic mass is 9.98. The lowest BCUT2D eigenvalue weighted by Crippen LogP contribution is -2.63. The molecule has 1 rings (SSSR count). The number of hydrogen-bond acceptors (Lipinski definition) is 14. The summed E-state index contributed by atoms with van der Waals surface area (Å²) in [4.78, 5) is 69.2. The number of hydrogen-bond donors (Lipinski definition) is 0. The fourth-order valence-corrected chi connectivity index (χ4v) is 3.09. The molecule has 6 atom stereocenters. The second-order valence-corrected chi connectivity index (χ2v) is 7.44. The molecule has 198 valence electrons. The Hall–Kier alpha value is -3.26. The van der Waals surface area contributed by atoms with Crippen LogP contribution in [0.2, 0.25) is 0 Å². The number of carbonyl (C=O) groups excluding carboxylic acids is 6. The Balaban J connectivity index is 3.27. The highest BCUT2D eigenvalue weighted by atomic mass is 16.7. The first-order valence-electron chi connectivity index (χ1n) is 10.5. The maximum Gasteiger partial charge on any atom is 0.303 e. The van der Waals surface area contributed by atoms with E-state index >= 15 is 0 Å². The summed E-state index contributed by atoms with van der Waals surface area (Å²) in [6, 6.07) is 0. The van der Waals surface area contributed by atoms with E-state index in [1.54, 1.807) is 0 Å². The molecule has 0 aromatic heterocycles. The lowest BCUT2D eigenvalue weighted by molar-refractivity contribution is -0.311. The first kappa shape index (κ1) is 29.8. The number of rotatable bonds is 11. The summed E-state index contributed by atoms with van der Waals surface area (Å²) in [6.07, 6.45) is -7.94. The smallest absolute Gasteiger partial charge is 0.303 e. The van der Waals surface area contributed by atoms with Gasteiger partial charge in [-0.05, 0) is 0 Å². The molecule has 0 aromatic carbocycles. The van der Waals surface area contributed by atoms with Crippen LogP contribution in [0.1, 0.15) is 41.5 Å². The van der Waals surface area contributed by atoms with Crippen LogP contribution < -0.4 is 0 Å². The van der Waals surface area contributed by atoms with Gasteiger partial charge in [0, 0.05) is 41.5 Å². The molecular formula is C21H30O14. The molecule has 0 N–H and O–H groups in total. The van der Waals surface area contributed by atoms with Crippen LogP contribution in [0.3, 0.4) is 0 Å². The Morgan fingerprint density at radius 1 is 0.629 bits per heavy atom. The molecule has 0 radical (unpaired) electrons. The molecule has 0 aliphatic carbocycles. The monoisotopic (exact) mass is 506 g/mol. The van der Waals surface area contributed by atoms with Gasteiger partial charge >= 0.3 is 35.8 Å². The third-order valence-electron chi connectivity index (χ3n) is 4.20. The van der Waals surface area contributed by atoms with Crippen molar-refractivity contribution in [1.82, 2.24) is 0 Å². The third-order valence-corrected chi connectivity index (χ3v) is 4.20. The van der Waals surface area contributed by atoms with Gasteiger partial charge < -0.3 is 37.9 Å². The van der Waals surface area contributed by atoms with Crippen molar-refractivity contribution in [2.45, 2.75) is 78.4 Å². The summed E-state index contributed by atoms with van der Waals surface area (Å²) < 4.78 is 42.1. The Kier molecular flexibility index (Phi) is 12.1. The zero-order chi connectivity index (χ0) is 26.7. The predicted octanol–water partition coefficient (Wildman–Crippen LogP) is -0.419. The number of ether oxygens (including phenoxy) is 8. The second kappa shape index (κ2) is 14.2. The molecule has 0 amide bonds. The molecule has 1 saturated heterocycles. The van der Waals surface area contributed by atoms with Crippen LogP contribution in [0.25, 0.3) is 0 Å². The van der Waals surface area contributed by atoms with E-state index in [4.69, 9.17) is 37.9 Å². The molecule has 0 bridgehead atoms. The van der Waals surface area contributed by atoms with E-state index in [1.807, 2.05) is 0 Å². The Bertz CT molecular complexity index is 793. The maximum absolute atomic E-state index is 11.8. The van der Waals surface area contributed by atoms with Crippen molar-refractivity contribution >= 4 is 35.8 Å². The van der Waals surface area contributed by atoms with Gasteiger partial charge in [-0.3, -0.25) is 28.8 Å². The normalized spacial score (nSPS) is 24.3. The van der Waals surface area contributed by atoms with E-state index < -0.39 is 85.8 Å². The molecule has 1 aliphatic rings. The molecule has 1 fully saturated rings. The van der Waals surface area contributed by atoms with Crippen molar-refractivity contribution < 1.29 is 66.7 Å². The van der Waals surface area contributed by atoms with E-state index in [1.165, 1.54) is 0 Å². The molecule has 0 aromatic rings. The summed E-state index contributed by atoms with van der Waals surface area (Å²) in [5, 5.41) is 0. The van der Waals surface area contributed by atoms with Gasteiger partial charge in [0.05, 0.1) is 6.61 Å². The highest BCUT2D eigenvalue weighted by Crippen LogP contribution is 2.30. The van der Waals surface area contributed by atoms with E-state index in [0.717, 1.165) is 41.5 Å². The summed E-state index contributed by atoms with van der Waals surface area (Å²) in [7, 11) is 0. The van der Waals surface area contributed by atoms with Crippen LogP contribution >= 0.6 is 0 Å². The molecule has 14 nitrogen and oxygen atoms in total. The zero-order valence-electron chi connectivity index (χ0n) is 20.3. The average molecular weight is 506 g/mol. The van der Waals surface area contributed by atoms with Crippen molar-refractivity contribution in [3.63, 3.8) is 0 Å². The number of carbonyl (C=O) groups is 6. The quantitative estimate of drug-likeness (QED) is 0.261. The minimum atomic E-state index is -1.47. The van der Waals surface area contributed by atoms with Crippen molar-refractivity contribution in [2.75, 3.05) is 19.8 Å². The highest BCUT2D eigenvalue weighted by molar-refractivity contribution is 5.69. The van der Waals surface area contributed by atoms with Crippen molar-refractivity contribution in [1.29, 1.82) is 0 Å². The second-order valence-electron chi connectivity index (χ2n) is 7.44. The molecule has 0 spiro atoms. The molecular weight excluding hydrogens is 476 g/mol. The van der Waals surface area contributed by atoms with Gasteiger partial charge in [-0.25, -0.2) is 0 Å². The van der Waals surface area contributed by atoms with Crippen LogP contribution in [0.4, 0.5) is 0 Å². The molecule has 1 unspecified atom stereocenters. The van der Waals surface area contributed by atoms with Crippen LogP contribution in [-0.4, -0.2) is 92.4 Å². The van der Waals surface area contributed by atoms with E-state index in [-0.39, 0.29) is 6.61 Å². The summed E-state index contributed by atoms with van der Waals surface area (Å²) in [6.45, 7) is 5.50. The standard InChI is InChI=1S/C21H30O14/c1-10(22)28-7-16(31-12(3)24)8-30-21-20(34-15(6)27)19(33-14(5)26)18(32-13(4)25)17(35-21)9-29-11(2)23/h16-21H,7-9H2,1-6H3/t16?,17-,18-,19+,20-,21-/m1/s1. The minimum Gasteiger partial charge on any atom is -0.463 e. The molecule has 14 heteroatoms. The van der Waals surface area contributed by atoms with Crippen LogP contribution in [0.5, 0.6) is 0 Å². The largest absolute Gasteiger partial charge is 0.463 e. The first-order chi connectivity index (χ1) is 16.3. The van der Waals surface area contributed by atoms with E-state index in [9.17, 15) is 28.8 Å². The maximum atomic E-state index is 11.8. The van der Waals surface area contributed by atoms with Gasteiger partial charge in [-0.2, -0.15) is 0 Å². The SMILES string of the molecule is CC(=O)OCC(CO[C@@H]1O[C@H](COC(C)=O)[C@@H](OC(C)=O)[C@H](OC(C)=O)[C@H]1OC(C)=O)OC(C)=O. The average Bonchev–Trinajstić information content (AvgIpc) is 2.70. The van der Waals surface area contributed by atoms with Gasteiger partial charge in [0.15, 0.2) is 30.7 Å². The van der Waals surface area contributed by atoms with E-state index in [0.29, 0.717) is 0 Å². The van der Waals surface area contributed by atoms with E-state index in [2.05, 4.69) is 0 Å². The van der Waals surface area contributed by atoms with Gasteiger partial charge in [0.25, 0.3) is 0 Å². The van der Waals surface area contributed by atoms with Crippen molar-refractivity contribution in [3.05, 3.63) is 0 Å². The van der Waals surface area contributed by atoms with Crippen LogP contribution in [0, 0.1) is 0 Å². The lowest BCUT2D eigenvalue weighted by Gasteiger charge is -2.44. The summed E-state index contributed by atoms with van der Waals surface area (Å²) >= 11 is 0. The minimum absolute atomic E-state index is 0.347. The van der Waals surface area contributed by atoms with Crippen molar-refractivity contribution in [3.8, 4) is 0 Å². The highest BCUT2D eigenvalue weighted by Gasteiger charge is 2.53. The third kappa shape index (κ3) is 11.1. The van der Waals surface area contributed by atoms with Gasteiger partial charge in [-0.15, -0.1) is 0 Å². The molecule has 0 saturated carbocycles. The Labute approximate surface area is 201 Å². The van der Waals surface area contributed by atoms with Gasteiger partial charge in [-0.1, -0.05) is 0 Å². The molecule has 1 heterocycles. The van der Waals surface area contributed by atoms with Crippen LogP contribution in [0.15, 0.2) is 0 Å². The van der Waals surface area contributed by atoms with Crippen molar-refractivity contribution in [2.24, 2.45) is 0 Å². The first-order valence-corrected chi connectivity index (χ1v) is 10.5. The molecule has 35 heavy (non-hydrogen) atoms. The zero-order valence-corrected chi connectivity index (χ0v) is 20.3.